The molecular formula is C20H14F3N3OS2. The molecule has 1 aromatic heterocycles. The predicted octanol–water partition coefficient (Wildman–Crippen LogP) is 5.87. The highest BCUT2D eigenvalue weighted by Crippen LogP contribution is 2.42. The van der Waals surface area contributed by atoms with E-state index in [1.54, 1.807) is 24.5 Å². The highest BCUT2D eigenvalue weighted by molar-refractivity contribution is 8.01. The van der Waals surface area contributed by atoms with Gasteiger partial charge in [-0.05, 0) is 36.4 Å². The molecule has 0 unspecified atom stereocenters. The molecule has 2 aromatic carbocycles. The molecule has 2 amide bonds. The molecule has 0 saturated heterocycles. The number of anilines is 2. The van der Waals surface area contributed by atoms with Gasteiger partial charge >= 0.3 is 6.03 Å². The average molecular weight is 433 g/mol. The fourth-order valence-electron chi connectivity index (χ4n) is 2.93. The summed E-state index contributed by atoms with van der Waals surface area (Å²) in [4.78, 5) is 20.3. The van der Waals surface area contributed by atoms with Gasteiger partial charge in [0.2, 0.25) is 0 Å². The third kappa shape index (κ3) is 3.79. The molecule has 0 N–H and O–H groups in total. The number of thioether (sulfide) groups is 1. The van der Waals surface area contributed by atoms with Crippen LogP contribution in [0.15, 0.2) is 64.6 Å². The van der Waals surface area contributed by atoms with Crippen LogP contribution in [0.3, 0.4) is 0 Å². The first-order valence-corrected chi connectivity index (χ1v) is 10.5. The molecule has 0 spiro atoms. The van der Waals surface area contributed by atoms with Gasteiger partial charge < -0.3 is 0 Å². The minimum Gasteiger partial charge on any atom is -0.287 e. The monoisotopic (exact) mass is 433 g/mol. The highest BCUT2D eigenvalue weighted by Gasteiger charge is 2.33. The van der Waals surface area contributed by atoms with Gasteiger partial charge in [0.1, 0.15) is 17.5 Å². The fourth-order valence-corrected chi connectivity index (χ4v) is 4.33. The minimum absolute atomic E-state index is 0.375. The van der Waals surface area contributed by atoms with Crippen LogP contribution >= 0.6 is 23.7 Å². The van der Waals surface area contributed by atoms with Crippen LogP contribution in [-0.4, -0.2) is 17.3 Å². The lowest BCUT2D eigenvalue weighted by atomic mass is 10.1. The smallest absolute Gasteiger partial charge is 0.287 e. The zero-order valence-corrected chi connectivity index (χ0v) is 16.7. The minimum atomic E-state index is -1.04. The van der Waals surface area contributed by atoms with E-state index in [-0.39, 0.29) is 12.1 Å². The number of urea groups is 1. The summed E-state index contributed by atoms with van der Waals surface area (Å²) >= 11 is 2.69. The summed E-state index contributed by atoms with van der Waals surface area (Å²) in [6, 6.07) is 9.62. The van der Waals surface area contributed by atoms with Crippen LogP contribution in [0.4, 0.5) is 29.3 Å². The Morgan fingerprint density at radius 2 is 1.79 bits per heavy atom. The number of hydrogen-bond acceptors (Lipinski definition) is 4. The van der Waals surface area contributed by atoms with Crippen molar-refractivity contribution in [3.63, 3.8) is 0 Å². The first-order valence-electron chi connectivity index (χ1n) is 8.49. The molecule has 0 aliphatic carbocycles. The number of para-hydroxylation sites is 1. The molecule has 0 bridgehead atoms. The van der Waals surface area contributed by atoms with Gasteiger partial charge in [-0.25, -0.2) is 22.3 Å². The molecule has 0 fully saturated rings. The van der Waals surface area contributed by atoms with E-state index in [0.717, 1.165) is 9.79 Å². The molecule has 0 radical (unpaired) electrons. The van der Waals surface area contributed by atoms with Crippen LogP contribution in [-0.2, 0) is 6.54 Å². The molecule has 1 aliphatic heterocycles. The van der Waals surface area contributed by atoms with Gasteiger partial charge in [-0.3, -0.25) is 9.88 Å². The largest absolute Gasteiger partial charge is 0.339 e. The Hall–Kier alpha value is -2.65. The number of rotatable bonds is 4. The number of halogens is 3. The van der Waals surface area contributed by atoms with Crippen molar-refractivity contribution < 1.29 is 18.0 Å². The summed E-state index contributed by atoms with van der Waals surface area (Å²) < 4.78 is 43.2. The second-order valence-electron chi connectivity index (χ2n) is 6.15. The van der Waals surface area contributed by atoms with Gasteiger partial charge in [0.05, 0.1) is 29.0 Å². The molecule has 3 aromatic rings. The molecule has 4 nitrogen and oxygen atoms in total. The van der Waals surface area contributed by atoms with Crippen LogP contribution in [0, 0.1) is 17.5 Å². The maximum absolute atomic E-state index is 14.2. The van der Waals surface area contributed by atoms with E-state index in [1.807, 2.05) is 24.5 Å². The lowest BCUT2D eigenvalue weighted by molar-refractivity contribution is 0.254. The van der Waals surface area contributed by atoms with Crippen molar-refractivity contribution in [2.24, 2.45) is 0 Å². The standard InChI is InChI=1S/C20H14F3N3OS2/c1-28-14-8-13(9-24-10-14)26-20(27)25(18-4-2-3-5-19(18)29-26)11-15-16(22)6-12(21)7-17(15)23/h2-10H,11H2,1H3. The summed E-state index contributed by atoms with van der Waals surface area (Å²) in [6.07, 6.45) is 5.13. The SMILES string of the molecule is CSc1cncc(N2Sc3ccccc3N(Cc3c(F)cc(F)cc3F)C2=O)c1. The summed E-state index contributed by atoms with van der Waals surface area (Å²) in [7, 11) is 0. The lowest BCUT2D eigenvalue weighted by Gasteiger charge is -2.35. The van der Waals surface area contributed by atoms with Crippen LogP contribution in [0.1, 0.15) is 5.56 Å². The molecule has 9 heteroatoms. The number of fused-ring (bicyclic) bond motifs is 1. The number of aromatic nitrogens is 1. The van der Waals surface area contributed by atoms with Crippen molar-refractivity contribution >= 4 is 41.1 Å². The van der Waals surface area contributed by atoms with E-state index in [0.29, 0.717) is 23.5 Å². The summed E-state index contributed by atoms with van der Waals surface area (Å²) in [5.74, 6) is -3.08. The maximum atomic E-state index is 14.2. The molecular weight excluding hydrogens is 419 g/mol. The third-order valence-electron chi connectivity index (χ3n) is 4.34. The Balaban J connectivity index is 1.77. The zero-order chi connectivity index (χ0) is 20.5. The summed E-state index contributed by atoms with van der Waals surface area (Å²) in [6.45, 7) is -0.375. The third-order valence-corrected chi connectivity index (χ3v) is 6.13. The number of amides is 2. The van der Waals surface area contributed by atoms with Crippen molar-refractivity contribution in [1.29, 1.82) is 0 Å². The first-order chi connectivity index (χ1) is 14.0. The van der Waals surface area contributed by atoms with Crippen LogP contribution in [0.2, 0.25) is 0 Å². The lowest BCUT2D eigenvalue weighted by Crippen LogP contribution is -2.43. The number of hydrogen-bond donors (Lipinski definition) is 0. The van der Waals surface area contributed by atoms with Gasteiger partial charge in [-0.2, -0.15) is 0 Å². The summed E-state index contributed by atoms with van der Waals surface area (Å²) in [5.41, 5.74) is 0.694. The van der Waals surface area contributed by atoms with Crippen molar-refractivity contribution in [3.05, 3.63) is 77.9 Å². The zero-order valence-electron chi connectivity index (χ0n) is 15.1. The first kappa shape index (κ1) is 19.7. The van der Waals surface area contributed by atoms with Crippen molar-refractivity contribution in [1.82, 2.24) is 4.98 Å². The van der Waals surface area contributed by atoms with E-state index in [2.05, 4.69) is 4.98 Å². The topological polar surface area (TPSA) is 36.4 Å². The average Bonchev–Trinajstić information content (AvgIpc) is 2.71. The number of benzene rings is 2. The number of pyridine rings is 1. The van der Waals surface area contributed by atoms with Gasteiger partial charge in [-0.1, -0.05) is 12.1 Å². The fraction of sp³-hybridized carbons (Fsp3) is 0.100. The molecule has 0 saturated carbocycles. The number of nitrogens with zero attached hydrogens (tertiary/aromatic N) is 3. The van der Waals surface area contributed by atoms with E-state index in [9.17, 15) is 18.0 Å². The van der Waals surface area contributed by atoms with Gasteiger partial charge in [0.15, 0.2) is 0 Å². The predicted molar refractivity (Wildman–Crippen MR) is 109 cm³/mol. The van der Waals surface area contributed by atoms with Gasteiger partial charge in [0, 0.05) is 28.8 Å². The molecule has 148 valence electrons. The Morgan fingerprint density at radius 3 is 2.52 bits per heavy atom. The molecule has 29 heavy (non-hydrogen) atoms. The van der Waals surface area contributed by atoms with Crippen molar-refractivity contribution in [2.45, 2.75) is 16.3 Å². The van der Waals surface area contributed by atoms with Crippen LogP contribution in [0.25, 0.3) is 0 Å². The second kappa shape index (κ2) is 8.00. The van der Waals surface area contributed by atoms with E-state index in [4.69, 9.17) is 0 Å². The normalized spacial score (nSPS) is 13.6. The number of carbonyl (C=O) groups is 1. The van der Waals surface area contributed by atoms with Crippen LogP contribution in [0.5, 0.6) is 0 Å². The Morgan fingerprint density at radius 1 is 1.07 bits per heavy atom. The van der Waals surface area contributed by atoms with E-state index >= 15 is 0 Å². The van der Waals surface area contributed by atoms with E-state index in [1.165, 1.54) is 32.9 Å². The Kier molecular flexibility index (Phi) is 5.42. The van der Waals surface area contributed by atoms with E-state index < -0.39 is 23.5 Å². The molecule has 0 atom stereocenters. The van der Waals surface area contributed by atoms with Gasteiger partial charge in [0.25, 0.3) is 0 Å². The Labute approximate surface area is 173 Å². The van der Waals surface area contributed by atoms with Crippen LogP contribution < -0.4 is 9.21 Å². The summed E-state index contributed by atoms with van der Waals surface area (Å²) in [5, 5.41) is 0. The number of carbonyl (C=O) groups excluding carboxylic acids is 1. The molecule has 4 rings (SSSR count). The molecule has 1 aliphatic rings. The second-order valence-corrected chi connectivity index (χ2v) is 8.02. The van der Waals surface area contributed by atoms with Crippen molar-refractivity contribution in [3.8, 4) is 0 Å². The quantitative estimate of drug-likeness (QED) is 0.381. The Bertz CT molecular complexity index is 1070. The maximum Gasteiger partial charge on any atom is 0.339 e. The molecule has 2 heterocycles. The van der Waals surface area contributed by atoms with Crippen molar-refractivity contribution in [2.75, 3.05) is 15.5 Å². The highest BCUT2D eigenvalue weighted by atomic mass is 32.2. The van der Waals surface area contributed by atoms with Gasteiger partial charge in [-0.15, -0.1) is 11.8 Å².